The van der Waals surface area contributed by atoms with Gasteiger partial charge in [0.25, 0.3) is 0 Å². The van der Waals surface area contributed by atoms with Crippen LogP contribution >= 0.6 is 0 Å². The third-order valence-corrected chi connectivity index (χ3v) is 5.55. The van der Waals surface area contributed by atoms with E-state index in [-0.39, 0.29) is 5.92 Å². The predicted octanol–water partition coefficient (Wildman–Crippen LogP) is 5.35. The van der Waals surface area contributed by atoms with Gasteiger partial charge >= 0.3 is 6.09 Å². The summed E-state index contributed by atoms with van der Waals surface area (Å²) in [6.45, 7) is 4.66. The third-order valence-electron chi connectivity index (χ3n) is 5.55. The molecule has 0 heterocycles. The van der Waals surface area contributed by atoms with Gasteiger partial charge < -0.3 is 15.4 Å². The smallest absolute Gasteiger partial charge is 0.407 e. The lowest BCUT2D eigenvalue weighted by molar-refractivity contribution is 0.144. The summed E-state index contributed by atoms with van der Waals surface area (Å²) in [4.78, 5) is 12.2. The molecule has 0 bridgehead atoms. The lowest BCUT2D eigenvalue weighted by Crippen LogP contribution is -2.26. The summed E-state index contributed by atoms with van der Waals surface area (Å²) in [5, 5.41) is 6.14. The van der Waals surface area contributed by atoms with Gasteiger partial charge in [0.1, 0.15) is 6.61 Å². The van der Waals surface area contributed by atoms with E-state index in [4.69, 9.17) is 4.74 Å². The minimum absolute atomic E-state index is 0.0770. The second-order valence-corrected chi connectivity index (χ2v) is 7.63. The van der Waals surface area contributed by atoms with Gasteiger partial charge in [-0.1, -0.05) is 91.9 Å². The first-order valence-electron chi connectivity index (χ1n) is 10.8. The van der Waals surface area contributed by atoms with Gasteiger partial charge in [-0.15, -0.1) is 0 Å². The highest BCUT2D eigenvalue weighted by molar-refractivity contribution is 5.79. The van der Waals surface area contributed by atoms with Crippen LogP contribution in [0.2, 0.25) is 0 Å². The first kappa shape index (κ1) is 20.9. The lowest BCUT2D eigenvalue weighted by Gasteiger charge is -2.14. The molecular formula is C27H28N2O2. The van der Waals surface area contributed by atoms with Gasteiger partial charge in [0.15, 0.2) is 0 Å². The fourth-order valence-corrected chi connectivity index (χ4v) is 4.06. The number of ether oxygens (including phenoxy) is 1. The lowest BCUT2D eigenvalue weighted by atomic mass is 9.98. The van der Waals surface area contributed by atoms with Crippen molar-refractivity contribution in [2.24, 2.45) is 0 Å². The summed E-state index contributed by atoms with van der Waals surface area (Å²) in [5.41, 5.74) is 7.25. The van der Waals surface area contributed by atoms with E-state index in [1.54, 1.807) is 0 Å². The maximum Gasteiger partial charge on any atom is 0.407 e. The van der Waals surface area contributed by atoms with E-state index in [2.05, 4.69) is 60.0 Å². The monoisotopic (exact) mass is 412 g/mol. The Balaban J connectivity index is 1.29. The normalized spacial score (nSPS) is 12.5. The van der Waals surface area contributed by atoms with Crippen LogP contribution in [0.4, 0.5) is 4.79 Å². The Kier molecular flexibility index (Phi) is 6.80. The molecule has 0 saturated carbocycles. The van der Waals surface area contributed by atoms with Crippen LogP contribution in [0.1, 0.15) is 35.1 Å². The molecule has 0 aliphatic heterocycles. The van der Waals surface area contributed by atoms with E-state index >= 15 is 0 Å². The molecule has 0 aromatic heterocycles. The second kappa shape index (κ2) is 10.1. The number of alkyl carbamates (subject to hydrolysis) is 1. The molecule has 0 atom stereocenters. The number of fused-ring (bicyclic) bond motifs is 3. The van der Waals surface area contributed by atoms with Crippen LogP contribution in [0.15, 0.2) is 78.9 Å². The Labute approximate surface area is 184 Å². The average Bonchev–Trinajstić information content (AvgIpc) is 3.13. The van der Waals surface area contributed by atoms with Gasteiger partial charge in [-0.2, -0.15) is 0 Å². The van der Waals surface area contributed by atoms with Crippen LogP contribution in [-0.2, 0) is 11.3 Å². The maximum atomic E-state index is 12.2. The molecule has 1 aliphatic carbocycles. The minimum atomic E-state index is -0.396. The van der Waals surface area contributed by atoms with Crippen molar-refractivity contribution in [2.45, 2.75) is 19.4 Å². The Morgan fingerprint density at radius 2 is 1.68 bits per heavy atom. The maximum absolute atomic E-state index is 12.2. The van der Waals surface area contributed by atoms with Gasteiger partial charge in [-0.3, -0.25) is 0 Å². The molecule has 4 nitrogen and oxygen atoms in total. The SMILES string of the molecule is CCNCc1cccc(C=CCNC(=O)OCC2c3ccccc3-c3ccccc32)c1. The largest absolute Gasteiger partial charge is 0.449 e. The summed E-state index contributed by atoms with van der Waals surface area (Å²) in [6.07, 6.45) is 3.56. The Bertz CT molecular complexity index is 1030. The molecule has 3 aromatic carbocycles. The van der Waals surface area contributed by atoms with Crippen LogP contribution in [0.5, 0.6) is 0 Å². The van der Waals surface area contributed by atoms with Crippen LogP contribution in [0, 0.1) is 0 Å². The van der Waals surface area contributed by atoms with Gasteiger partial charge in [0.05, 0.1) is 0 Å². The van der Waals surface area contributed by atoms with Crippen molar-refractivity contribution in [1.29, 1.82) is 0 Å². The van der Waals surface area contributed by atoms with Crippen molar-refractivity contribution in [3.8, 4) is 11.1 Å². The number of carbonyl (C=O) groups is 1. The number of rotatable bonds is 8. The number of benzene rings is 3. The highest BCUT2D eigenvalue weighted by atomic mass is 16.5. The molecule has 0 saturated heterocycles. The fourth-order valence-electron chi connectivity index (χ4n) is 4.06. The molecule has 4 rings (SSSR count). The topological polar surface area (TPSA) is 50.4 Å². The minimum Gasteiger partial charge on any atom is -0.449 e. The van der Waals surface area contributed by atoms with E-state index in [0.717, 1.165) is 18.7 Å². The molecule has 0 spiro atoms. The molecule has 0 radical (unpaired) electrons. The average molecular weight is 413 g/mol. The van der Waals surface area contributed by atoms with E-state index < -0.39 is 6.09 Å². The molecule has 0 unspecified atom stereocenters. The Morgan fingerprint density at radius 1 is 0.968 bits per heavy atom. The standard InChI is InChI=1S/C27H28N2O2/c1-2-28-18-21-10-7-9-20(17-21)11-8-16-29-27(30)31-19-26-24-14-5-3-12-22(24)23-13-4-6-15-25(23)26/h3-15,17,26,28H,2,16,18-19H2,1H3,(H,29,30). The zero-order valence-corrected chi connectivity index (χ0v) is 17.8. The third kappa shape index (κ3) is 5.04. The van der Waals surface area contributed by atoms with Crippen molar-refractivity contribution in [2.75, 3.05) is 19.7 Å². The Hall–Kier alpha value is -3.37. The fraction of sp³-hybridized carbons (Fsp3) is 0.222. The number of amides is 1. The van der Waals surface area contributed by atoms with E-state index in [9.17, 15) is 4.79 Å². The molecule has 158 valence electrons. The highest BCUT2D eigenvalue weighted by Crippen LogP contribution is 2.44. The molecule has 0 fully saturated rings. The zero-order chi connectivity index (χ0) is 21.5. The number of nitrogens with one attached hydrogen (secondary N) is 2. The van der Waals surface area contributed by atoms with Gasteiger partial charge in [-0.25, -0.2) is 4.79 Å². The summed E-state index contributed by atoms with van der Waals surface area (Å²) in [5.74, 6) is 0.0770. The van der Waals surface area contributed by atoms with Crippen molar-refractivity contribution >= 4 is 12.2 Å². The van der Waals surface area contributed by atoms with Gasteiger partial charge in [0.2, 0.25) is 0 Å². The predicted molar refractivity (Wildman–Crippen MR) is 126 cm³/mol. The van der Waals surface area contributed by atoms with Crippen LogP contribution in [0.25, 0.3) is 17.2 Å². The molecule has 3 aromatic rings. The van der Waals surface area contributed by atoms with Crippen molar-refractivity contribution in [3.63, 3.8) is 0 Å². The van der Waals surface area contributed by atoms with Crippen LogP contribution < -0.4 is 10.6 Å². The molecule has 31 heavy (non-hydrogen) atoms. The van der Waals surface area contributed by atoms with Crippen molar-refractivity contribution in [1.82, 2.24) is 10.6 Å². The van der Waals surface area contributed by atoms with E-state index in [0.29, 0.717) is 13.2 Å². The first-order valence-corrected chi connectivity index (χ1v) is 10.8. The summed E-state index contributed by atoms with van der Waals surface area (Å²) in [6, 6.07) is 25.0. The highest BCUT2D eigenvalue weighted by Gasteiger charge is 2.28. The quantitative estimate of drug-likeness (QED) is 0.524. The molecule has 2 N–H and O–H groups in total. The first-order chi connectivity index (χ1) is 15.3. The number of hydrogen-bond acceptors (Lipinski definition) is 3. The molecule has 4 heteroatoms. The summed E-state index contributed by atoms with van der Waals surface area (Å²) < 4.78 is 5.56. The summed E-state index contributed by atoms with van der Waals surface area (Å²) in [7, 11) is 0. The summed E-state index contributed by atoms with van der Waals surface area (Å²) >= 11 is 0. The number of carbonyl (C=O) groups excluding carboxylic acids is 1. The molecule has 1 amide bonds. The van der Waals surface area contributed by atoms with Crippen LogP contribution in [0.3, 0.4) is 0 Å². The Morgan fingerprint density at radius 3 is 2.39 bits per heavy atom. The molecule has 1 aliphatic rings. The van der Waals surface area contributed by atoms with Gasteiger partial charge in [-0.05, 0) is 39.9 Å². The van der Waals surface area contributed by atoms with Crippen LogP contribution in [-0.4, -0.2) is 25.8 Å². The zero-order valence-electron chi connectivity index (χ0n) is 17.8. The van der Waals surface area contributed by atoms with E-state index in [1.807, 2.05) is 42.5 Å². The van der Waals surface area contributed by atoms with Crippen molar-refractivity contribution in [3.05, 3.63) is 101 Å². The van der Waals surface area contributed by atoms with Crippen molar-refractivity contribution < 1.29 is 9.53 Å². The van der Waals surface area contributed by atoms with Gasteiger partial charge in [0, 0.05) is 19.0 Å². The number of hydrogen-bond donors (Lipinski definition) is 2. The second-order valence-electron chi connectivity index (χ2n) is 7.63. The van der Waals surface area contributed by atoms with E-state index in [1.165, 1.54) is 27.8 Å². The molecular weight excluding hydrogens is 384 g/mol.